The largest absolute Gasteiger partial charge is 0.573 e. The minimum atomic E-state index is -4.69. The van der Waals surface area contributed by atoms with Crippen molar-refractivity contribution in [2.75, 3.05) is 31.6 Å². The number of nitrogens with one attached hydrogen (secondary N) is 1. The Balaban J connectivity index is 1.36. The number of aryl methyl sites for hydroxylation is 1. The number of carbonyl (C=O) groups excluding carboxylic acids is 1. The molecule has 0 radical (unpaired) electrons. The van der Waals surface area contributed by atoms with Gasteiger partial charge in [-0.1, -0.05) is 18.2 Å². The van der Waals surface area contributed by atoms with Gasteiger partial charge in [0.15, 0.2) is 5.78 Å². The van der Waals surface area contributed by atoms with Crippen LogP contribution in [0.5, 0.6) is 5.75 Å². The van der Waals surface area contributed by atoms with Crippen molar-refractivity contribution in [3.63, 3.8) is 0 Å². The van der Waals surface area contributed by atoms with Gasteiger partial charge in [-0.05, 0) is 80.6 Å². The van der Waals surface area contributed by atoms with Crippen LogP contribution < -0.4 is 15.0 Å². The molecule has 7 heteroatoms. The van der Waals surface area contributed by atoms with E-state index >= 15 is 0 Å². The minimum absolute atomic E-state index is 0.154. The second-order valence-electron chi connectivity index (χ2n) is 7.90. The Kier molecular flexibility index (Phi) is 7.96. The molecule has 1 aliphatic rings. The van der Waals surface area contributed by atoms with E-state index in [1.54, 1.807) is 12.1 Å². The molecule has 0 saturated carbocycles. The third-order valence-corrected chi connectivity index (χ3v) is 5.53. The molecule has 4 nitrogen and oxygen atoms in total. The smallest absolute Gasteiger partial charge is 0.406 e. The fourth-order valence-corrected chi connectivity index (χ4v) is 3.92. The van der Waals surface area contributed by atoms with Crippen molar-refractivity contribution in [2.45, 2.75) is 44.9 Å². The van der Waals surface area contributed by atoms with Crippen LogP contribution in [0.25, 0.3) is 0 Å². The van der Waals surface area contributed by atoms with Gasteiger partial charge < -0.3 is 15.0 Å². The number of hydrogen-bond acceptors (Lipinski definition) is 4. The number of anilines is 1. The van der Waals surface area contributed by atoms with E-state index in [0.717, 1.165) is 37.8 Å². The number of alkyl halides is 3. The summed E-state index contributed by atoms with van der Waals surface area (Å²) in [5, 5.41) is 3.23. The standard InChI is InChI=1S/C24H29F3N2O2/c1-29-16-6-8-19-17-20(11-12-21(19)29)22(30)9-4-5-14-28-15-13-18-7-2-3-10-23(18)31-24(25,26)27/h2-3,7,10-12,17,28H,4-6,8-9,13-16H2,1H3. The van der Waals surface area contributed by atoms with Gasteiger partial charge in [-0.2, -0.15) is 0 Å². The molecule has 0 atom stereocenters. The molecule has 168 valence electrons. The molecule has 3 rings (SSSR count). The number of unbranched alkanes of at least 4 members (excludes halogenated alkanes) is 1. The maximum absolute atomic E-state index is 12.5. The Morgan fingerprint density at radius 1 is 1.13 bits per heavy atom. The fraction of sp³-hybridized carbons (Fsp3) is 0.458. The highest BCUT2D eigenvalue weighted by Gasteiger charge is 2.31. The number of nitrogens with zero attached hydrogens (tertiary/aromatic N) is 1. The van der Waals surface area contributed by atoms with Crippen LogP contribution in [0, 0.1) is 0 Å². The van der Waals surface area contributed by atoms with Crippen LogP contribution in [0.15, 0.2) is 42.5 Å². The van der Waals surface area contributed by atoms with Crippen molar-refractivity contribution in [2.24, 2.45) is 0 Å². The number of ether oxygens (including phenoxy) is 1. The third kappa shape index (κ3) is 6.99. The van der Waals surface area contributed by atoms with Gasteiger partial charge in [0.25, 0.3) is 0 Å². The van der Waals surface area contributed by atoms with Crippen molar-refractivity contribution in [1.29, 1.82) is 0 Å². The van der Waals surface area contributed by atoms with Crippen molar-refractivity contribution in [3.05, 3.63) is 59.2 Å². The Bertz CT molecular complexity index is 883. The Morgan fingerprint density at radius 3 is 2.74 bits per heavy atom. The van der Waals surface area contributed by atoms with Crippen molar-refractivity contribution >= 4 is 11.5 Å². The Hall–Kier alpha value is -2.54. The first-order valence-corrected chi connectivity index (χ1v) is 10.7. The van der Waals surface area contributed by atoms with Gasteiger partial charge in [-0.25, -0.2) is 0 Å². The number of rotatable bonds is 10. The third-order valence-electron chi connectivity index (χ3n) is 5.53. The number of benzene rings is 2. The van der Waals surface area contributed by atoms with Crippen molar-refractivity contribution in [1.82, 2.24) is 5.32 Å². The highest BCUT2D eigenvalue weighted by molar-refractivity contribution is 5.96. The zero-order chi connectivity index (χ0) is 22.3. The number of halogens is 3. The second kappa shape index (κ2) is 10.7. The molecule has 0 fully saturated rings. The van der Waals surface area contributed by atoms with E-state index in [-0.39, 0.29) is 11.5 Å². The topological polar surface area (TPSA) is 41.6 Å². The molecule has 0 saturated heterocycles. The van der Waals surface area contributed by atoms with Gasteiger partial charge in [0.2, 0.25) is 0 Å². The molecule has 1 N–H and O–H groups in total. The van der Waals surface area contributed by atoms with E-state index in [9.17, 15) is 18.0 Å². The Labute approximate surface area is 181 Å². The van der Waals surface area contributed by atoms with Gasteiger partial charge in [-0.3, -0.25) is 4.79 Å². The summed E-state index contributed by atoms with van der Waals surface area (Å²) >= 11 is 0. The van der Waals surface area contributed by atoms with Crippen molar-refractivity contribution in [3.8, 4) is 5.75 Å². The first kappa shape index (κ1) is 23.1. The van der Waals surface area contributed by atoms with Crippen LogP contribution in [0.3, 0.4) is 0 Å². The summed E-state index contributed by atoms with van der Waals surface area (Å²) in [5.41, 5.74) is 3.76. The molecular weight excluding hydrogens is 405 g/mol. The molecule has 0 aliphatic carbocycles. The lowest BCUT2D eigenvalue weighted by molar-refractivity contribution is -0.274. The quantitative estimate of drug-likeness (QED) is 0.415. The van der Waals surface area contributed by atoms with Crippen LogP contribution >= 0.6 is 0 Å². The SMILES string of the molecule is CN1CCCc2cc(C(=O)CCCCNCCc3ccccc3OC(F)(F)F)ccc21. The van der Waals surface area contributed by atoms with Gasteiger partial charge in [0, 0.05) is 31.3 Å². The van der Waals surface area contributed by atoms with E-state index < -0.39 is 6.36 Å². The summed E-state index contributed by atoms with van der Waals surface area (Å²) < 4.78 is 41.5. The highest BCUT2D eigenvalue weighted by Crippen LogP contribution is 2.28. The zero-order valence-electron chi connectivity index (χ0n) is 17.8. The maximum atomic E-state index is 12.5. The van der Waals surface area contributed by atoms with Crippen LogP contribution in [0.1, 0.15) is 47.2 Å². The van der Waals surface area contributed by atoms with Crippen molar-refractivity contribution < 1.29 is 22.7 Å². The lowest BCUT2D eigenvalue weighted by Gasteiger charge is -2.27. The highest BCUT2D eigenvalue weighted by atomic mass is 19.4. The molecule has 2 aromatic rings. The summed E-state index contributed by atoms with van der Waals surface area (Å²) in [5.74, 6) is 0.00731. The van der Waals surface area contributed by atoms with Gasteiger partial charge in [-0.15, -0.1) is 13.2 Å². The Morgan fingerprint density at radius 2 is 1.94 bits per heavy atom. The lowest BCUT2D eigenvalue weighted by atomic mass is 9.96. The first-order valence-electron chi connectivity index (χ1n) is 10.7. The summed E-state index contributed by atoms with van der Waals surface area (Å²) in [6.45, 7) is 2.31. The number of ketones is 1. The zero-order valence-corrected chi connectivity index (χ0v) is 17.8. The molecule has 0 aromatic heterocycles. The van der Waals surface area contributed by atoms with Crippen LogP contribution in [-0.4, -0.2) is 38.8 Å². The average molecular weight is 435 g/mol. The molecule has 0 spiro atoms. The average Bonchev–Trinajstić information content (AvgIpc) is 2.73. The van der Waals surface area contributed by atoms with Crippen LogP contribution in [0.2, 0.25) is 0 Å². The predicted octanol–water partition coefficient (Wildman–Crippen LogP) is 5.15. The summed E-state index contributed by atoms with van der Waals surface area (Å²) in [6, 6.07) is 12.2. The van der Waals surface area contributed by atoms with Gasteiger partial charge in [0.05, 0.1) is 0 Å². The molecule has 0 bridgehead atoms. The number of hydrogen-bond donors (Lipinski definition) is 1. The monoisotopic (exact) mass is 434 g/mol. The summed E-state index contributed by atoms with van der Waals surface area (Å²) in [4.78, 5) is 14.7. The van der Waals surface area contributed by atoms with E-state index in [0.29, 0.717) is 31.5 Å². The maximum Gasteiger partial charge on any atom is 0.573 e. The fourth-order valence-electron chi connectivity index (χ4n) is 3.92. The molecule has 2 aromatic carbocycles. The predicted molar refractivity (Wildman–Crippen MR) is 116 cm³/mol. The molecular formula is C24H29F3N2O2. The van der Waals surface area contributed by atoms with E-state index in [1.807, 2.05) is 18.2 Å². The van der Waals surface area contributed by atoms with Gasteiger partial charge in [0.1, 0.15) is 5.75 Å². The van der Waals surface area contributed by atoms with Crippen LogP contribution in [0.4, 0.5) is 18.9 Å². The number of para-hydroxylation sites is 1. The molecule has 1 aliphatic heterocycles. The summed E-state index contributed by atoms with van der Waals surface area (Å²) in [6.07, 6.45) is -0.0183. The number of carbonyl (C=O) groups is 1. The first-order chi connectivity index (χ1) is 14.8. The summed E-state index contributed by atoms with van der Waals surface area (Å²) in [7, 11) is 2.08. The van der Waals surface area contributed by atoms with E-state index in [2.05, 4.69) is 22.0 Å². The molecule has 31 heavy (non-hydrogen) atoms. The van der Waals surface area contributed by atoms with E-state index in [1.165, 1.54) is 23.4 Å². The molecule has 1 heterocycles. The normalized spacial score (nSPS) is 13.7. The number of fused-ring (bicyclic) bond motifs is 1. The van der Waals surface area contributed by atoms with Crippen LogP contribution in [-0.2, 0) is 12.8 Å². The number of Topliss-reactive ketones (excluding diaryl/α,β-unsaturated/α-hetero) is 1. The van der Waals surface area contributed by atoms with Gasteiger partial charge >= 0.3 is 6.36 Å². The molecule has 0 unspecified atom stereocenters. The molecule has 0 amide bonds. The lowest BCUT2D eigenvalue weighted by Crippen LogP contribution is -2.24. The minimum Gasteiger partial charge on any atom is -0.406 e. The van der Waals surface area contributed by atoms with E-state index in [4.69, 9.17) is 0 Å². The second-order valence-corrected chi connectivity index (χ2v) is 7.90.